The lowest BCUT2D eigenvalue weighted by Crippen LogP contribution is -2.43. The lowest BCUT2D eigenvalue weighted by molar-refractivity contribution is 0.286. The predicted molar refractivity (Wildman–Crippen MR) is 109 cm³/mol. The molecule has 3 unspecified atom stereocenters. The molecule has 1 saturated carbocycles. The Kier molecular flexibility index (Phi) is 7.92. The van der Waals surface area contributed by atoms with E-state index in [0.717, 1.165) is 24.3 Å². The minimum absolute atomic E-state index is 0. The highest BCUT2D eigenvalue weighted by Gasteiger charge is 2.35. The van der Waals surface area contributed by atoms with Gasteiger partial charge >= 0.3 is 0 Å². The maximum atomic E-state index is 4.55. The van der Waals surface area contributed by atoms with E-state index in [9.17, 15) is 0 Å². The van der Waals surface area contributed by atoms with Crippen LogP contribution in [-0.4, -0.2) is 62.1 Å². The maximum Gasteiger partial charge on any atom is 0.193 e. The molecule has 23 heavy (non-hydrogen) atoms. The summed E-state index contributed by atoms with van der Waals surface area (Å²) in [4.78, 5) is 9.68. The molecule has 2 saturated heterocycles. The summed E-state index contributed by atoms with van der Waals surface area (Å²) in [6.07, 6.45) is 8.52. The predicted octanol–water partition coefficient (Wildman–Crippen LogP) is 3.03. The second-order valence-electron chi connectivity index (χ2n) is 7.75. The van der Waals surface area contributed by atoms with Crippen molar-refractivity contribution in [3.8, 4) is 0 Å². The number of guanidine groups is 1. The standard InChI is InChI=1S/C18H34N4.HI/c1-15(12-21-9-5-6-10-21)11-20-18(19-2)22-13-16-7-3-4-8-17(16)14-22;/h15-17H,3-14H2,1-2H3,(H,19,20);1H. The smallest absolute Gasteiger partial charge is 0.193 e. The van der Waals surface area contributed by atoms with Gasteiger partial charge < -0.3 is 15.1 Å². The van der Waals surface area contributed by atoms with Gasteiger partial charge in [-0.15, -0.1) is 24.0 Å². The highest BCUT2D eigenvalue weighted by molar-refractivity contribution is 14.0. The fourth-order valence-corrected chi connectivity index (χ4v) is 4.65. The van der Waals surface area contributed by atoms with Crippen molar-refractivity contribution < 1.29 is 0 Å². The van der Waals surface area contributed by atoms with Gasteiger partial charge in [0, 0.05) is 33.2 Å². The van der Waals surface area contributed by atoms with Gasteiger partial charge in [-0.05, 0) is 56.5 Å². The molecule has 0 aromatic rings. The van der Waals surface area contributed by atoms with Crippen molar-refractivity contribution in [2.24, 2.45) is 22.7 Å². The molecule has 0 radical (unpaired) electrons. The van der Waals surface area contributed by atoms with Crippen LogP contribution in [0.3, 0.4) is 0 Å². The summed E-state index contributed by atoms with van der Waals surface area (Å²) < 4.78 is 0. The van der Waals surface area contributed by atoms with Crippen molar-refractivity contribution in [1.82, 2.24) is 15.1 Å². The molecule has 0 aromatic heterocycles. The van der Waals surface area contributed by atoms with Crippen LogP contribution in [0.4, 0.5) is 0 Å². The van der Waals surface area contributed by atoms with Crippen LogP contribution in [0.25, 0.3) is 0 Å². The number of hydrogen-bond donors (Lipinski definition) is 1. The minimum Gasteiger partial charge on any atom is -0.356 e. The first-order valence-corrected chi connectivity index (χ1v) is 9.44. The number of fused-ring (bicyclic) bond motifs is 1. The van der Waals surface area contributed by atoms with E-state index < -0.39 is 0 Å². The molecule has 0 spiro atoms. The molecule has 5 heteroatoms. The Balaban J connectivity index is 0.00000192. The fourth-order valence-electron chi connectivity index (χ4n) is 4.65. The Morgan fingerprint density at radius 1 is 1.09 bits per heavy atom. The minimum atomic E-state index is 0. The summed E-state index contributed by atoms with van der Waals surface area (Å²) in [5, 5.41) is 3.64. The largest absolute Gasteiger partial charge is 0.356 e. The highest BCUT2D eigenvalue weighted by Crippen LogP contribution is 2.35. The third-order valence-corrected chi connectivity index (χ3v) is 5.86. The van der Waals surface area contributed by atoms with Crippen molar-refractivity contribution in [1.29, 1.82) is 0 Å². The van der Waals surface area contributed by atoms with Gasteiger partial charge in [0.25, 0.3) is 0 Å². The highest BCUT2D eigenvalue weighted by atomic mass is 127. The molecule has 1 N–H and O–H groups in total. The number of nitrogens with zero attached hydrogens (tertiary/aromatic N) is 3. The van der Waals surface area contributed by atoms with E-state index in [1.165, 1.54) is 71.2 Å². The molecule has 0 amide bonds. The van der Waals surface area contributed by atoms with Gasteiger partial charge in [-0.3, -0.25) is 4.99 Å². The van der Waals surface area contributed by atoms with Crippen LogP contribution in [0.15, 0.2) is 4.99 Å². The van der Waals surface area contributed by atoms with Crippen molar-refractivity contribution >= 4 is 29.9 Å². The summed E-state index contributed by atoms with van der Waals surface area (Å²) in [7, 11) is 1.94. The van der Waals surface area contributed by atoms with Gasteiger partial charge in [0.1, 0.15) is 0 Å². The number of likely N-dealkylation sites (tertiary alicyclic amines) is 2. The average molecular weight is 434 g/mol. The van der Waals surface area contributed by atoms with Crippen molar-refractivity contribution in [2.75, 3.05) is 46.3 Å². The first kappa shape index (κ1) is 19.3. The van der Waals surface area contributed by atoms with Crippen LogP contribution in [0.2, 0.25) is 0 Å². The summed E-state index contributed by atoms with van der Waals surface area (Å²) in [6.45, 7) is 9.70. The molecular weight excluding hydrogens is 399 g/mol. The summed E-state index contributed by atoms with van der Waals surface area (Å²) in [5.74, 6) is 3.69. The molecule has 3 aliphatic rings. The fraction of sp³-hybridized carbons (Fsp3) is 0.944. The number of halogens is 1. The topological polar surface area (TPSA) is 30.9 Å². The SMILES string of the molecule is CN=C(NCC(C)CN1CCCC1)N1CC2CCCCC2C1.I. The molecule has 3 rings (SSSR count). The van der Waals surface area contributed by atoms with E-state index >= 15 is 0 Å². The second kappa shape index (κ2) is 9.44. The van der Waals surface area contributed by atoms with Gasteiger partial charge in [0.15, 0.2) is 5.96 Å². The van der Waals surface area contributed by atoms with Crippen LogP contribution in [-0.2, 0) is 0 Å². The summed E-state index contributed by atoms with van der Waals surface area (Å²) in [6, 6.07) is 0. The molecule has 0 bridgehead atoms. The van der Waals surface area contributed by atoms with Crippen LogP contribution < -0.4 is 5.32 Å². The number of hydrogen-bond acceptors (Lipinski definition) is 2. The molecular formula is C18H35IN4. The Labute approximate surface area is 159 Å². The summed E-state index contributed by atoms with van der Waals surface area (Å²) >= 11 is 0. The zero-order valence-electron chi connectivity index (χ0n) is 15.0. The van der Waals surface area contributed by atoms with Gasteiger partial charge in [-0.25, -0.2) is 0 Å². The third-order valence-electron chi connectivity index (χ3n) is 5.86. The molecule has 1 aliphatic carbocycles. The van der Waals surface area contributed by atoms with Crippen molar-refractivity contribution in [3.63, 3.8) is 0 Å². The van der Waals surface area contributed by atoms with Crippen LogP contribution in [0.1, 0.15) is 45.4 Å². The van der Waals surface area contributed by atoms with Crippen molar-refractivity contribution in [2.45, 2.75) is 45.4 Å². The van der Waals surface area contributed by atoms with E-state index in [-0.39, 0.29) is 24.0 Å². The molecule has 0 aromatic carbocycles. The van der Waals surface area contributed by atoms with Gasteiger partial charge in [-0.1, -0.05) is 19.8 Å². The second-order valence-corrected chi connectivity index (χ2v) is 7.75. The number of nitrogens with one attached hydrogen (secondary N) is 1. The molecule has 4 nitrogen and oxygen atoms in total. The lowest BCUT2D eigenvalue weighted by Gasteiger charge is -2.25. The molecule has 3 fully saturated rings. The quantitative estimate of drug-likeness (QED) is 0.419. The lowest BCUT2D eigenvalue weighted by atomic mass is 9.82. The van der Waals surface area contributed by atoms with E-state index in [4.69, 9.17) is 0 Å². The first-order valence-electron chi connectivity index (χ1n) is 9.44. The van der Waals surface area contributed by atoms with Crippen LogP contribution >= 0.6 is 24.0 Å². The number of aliphatic imine (C=N–C) groups is 1. The van der Waals surface area contributed by atoms with Gasteiger partial charge in [0.2, 0.25) is 0 Å². The van der Waals surface area contributed by atoms with E-state index in [1.807, 2.05) is 7.05 Å². The van der Waals surface area contributed by atoms with Crippen LogP contribution in [0, 0.1) is 17.8 Å². The zero-order valence-corrected chi connectivity index (χ0v) is 17.3. The average Bonchev–Trinajstić information content (AvgIpc) is 3.16. The summed E-state index contributed by atoms with van der Waals surface area (Å²) in [5.41, 5.74) is 0. The Hall–Kier alpha value is -0.0400. The normalized spacial score (nSPS) is 30.0. The first-order chi connectivity index (χ1) is 10.8. The monoisotopic (exact) mass is 434 g/mol. The third kappa shape index (κ3) is 5.21. The van der Waals surface area contributed by atoms with Gasteiger partial charge in [0.05, 0.1) is 0 Å². The maximum absolute atomic E-state index is 4.55. The molecule has 2 aliphatic heterocycles. The molecule has 3 atom stereocenters. The number of rotatable bonds is 4. The zero-order chi connectivity index (χ0) is 15.4. The van der Waals surface area contributed by atoms with E-state index in [1.54, 1.807) is 0 Å². The molecule has 134 valence electrons. The van der Waals surface area contributed by atoms with Crippen molar-refractivity contribution in [3.05, 3.63) is 0 Å². The Morgan fingerprint density at radius 2 is 1.70 bits per heavy atom. The molecule has 2 heterocycles. The Bertz CT molecular complexity index is 367. The van der Waals surface area contributed by atoms with E-state index in [2.05, 4.69) is 27.0 Å². The van der Waals surface area contributed by atoms with Crippen LogP contribution in [0.5, 0.6) is 0 Å². The van der Waals surface area contributed by atoms with Gasteiger partial charge in [-0.2, -0.15) is 0 Å². The van der Waals surface area contributed by atoms with E-state index in [0.29, 0.717) is 5.92 Å². The Morgan fingerprint density at radius 3 is 2.26 bits per heavy atom.